The van der Waals surface area contributed by atoms with Crippen LogP contribution in [0.25, 0.3) is 0 Å². The molecule has 1 aliphatic heterocycles. The number of hydrogen-bond donors (Lipinski definition) is 1. The van der Waals surface area contributed by atoms with Crippen LogP contribution in [0.2, 0.25) is 0 Å². The molecule has 1 aliphatic rings. The third-order valence-corrected chi connectivity index (χ3v) is 2.86. The molecule has 1 fully saturated rings. The molecular formula is C12H23NO2. The minimum atomic E-state index is 0.138. The van der Waals surface area contributed by atoms with Crippen LogP contribution in [0.15, 0.2) is 12.7 Å². The smallest absolute Gasteiger partial charge is 0.0701 e. The quantitative estimate of drug-likeness (QED) is 0.513. The van der Waals surface area contributed by atoms with Gasteiger partial charge in [-0.2, -0.15) is 0 Å². The van der Waals surface area contributed by atoms with Crippen molar-refractivity contribution in [2.45, 2.75) is 31.8 Å². The molecule has 0 aromatic carbocycles. The number of unbranched alkanes of at least 4 members (excludes halogenated alkanes) is 1. The zero-order valence-electron chi connectivity index (χ0n) is 9.53. The maximum atomic E-state index is 8.65. The zero-order chi connectivity index (χ0) is 10.9. The second-order valence-electron chi connectivity index (χ2n) is 4.07. The van der Waals surface area contributed by atoms with Crippen LogP contribution in [0.4, 0.5) is 0 Å². The predicted octanol–water partition coefficient (Wildman–Crippen LogP) is 1.43. The Hall–Kier alpha value is -0.380. The molecule has 0 amide bonds. The first kappa shape index (κ1) is 12.7. The van der Waals surface area contributed by atoms with Gasteiger partial charge >= 0.3 is 0 Å². The van der Waals surface area contributed by atoms with E-state index < -0.39 is 0 Å². The number of ether oxygens (including phenoxy) is 1. The van der Waals surface area contributed by atoms with Crippen LogP contribution < -0.4 is 0 Å². The van der Waals surface area contributed by atoms with E-state index in [1.807, 2.05) is 6.08 Å². The Morgan fingerprint density at radius 1 is 1.40 bits per heavy atom. The highest BCUT2D eigenvalue weighted by molar-refractivity contribution is 4.74. The Morgan fingerprint density at radius 2 is 2.13 bits per heavy atom. The number of aliphatic hydroxyl groups is 1. The Kier molecular flexibility index (Phi) is 6.64. The fourth-order valence-corrected chi connectivity index (χ4v) is 1.98. The molecule has 1 saturated heterocycles. The monoisotopic (exact) mass is 213 g/mol. The molecule has 0 radical (unpaired) electrons. The van der Waals surface area contributed by atoms with E-state index in [0.717, 1.165) is 32.4 Å². The molecule has 0 aromatic rings. The van der Waals surface area contributed by atoms with Crippen molar-refractivity contribution in [2.75, 3.05) is 32.8 Å². The summed E-state index contributed by atoms with van der Waals surface area (Å²) >= 11 is 0. The van der Waals surface area contributed by atoms with Gasteiger partial charge in [-0.15, -0.1) is 6.58 Å². The van der Waals surface area contributed by atoms with Crippen molar-refractivity contribution in [3.63, 3.8) is 0 Å². The van der Waals surface area contributed by atoms with E-state index in [0.29, 0.717) is 12.7 Å². The molecule has 0 aromatic heterocycles. The molecule has 0 unspecified atom stereocenters. The average Bonchev–Trinajstić information content (AvgIpc) is 2.28. The first-order valence-corrected chi connectivity index (χ1v) is 5.92. The summed E-state index contributed by atoms with van der Waals surface area (Å²) in [5.74, 6) is 0. The Labute approximate surface area is 92.7 Å². The van der Waals surface area contributed by atoms with Gasteiger partial charge in [-0.1, -0.05) is 6.08 Å². The molecule has 1 heterocycles. The molecule has 3 nitrogen and oxygen atoms in total. The number of nitrogens with zero attached hydrogens (tertiary/aromatic N) is 1. The average molecular weight is 213 g/mol. The molecule has 88 valence electrons. The molecule has 1 rings (SSSR count). The van der Waals surface area contributed by atoms with Gasteiger partial charge in [0.05, 0.1) is 19.3 Å². The van der Waals surface area contributed by atoms with E-state index in [9.17, 15) is 0 Å². The van der Waals surface area contributed by atoms with Crippen molar-refractivity contribution in [1.82, 2.24) is 4.90 Å². The van der Waals surface area contributed by atoms with E-state index in [1.54, 1.807) is 0 Å². The number of piperidine rings is 1. The number of allylic oxidation sites excluding steroid dienone is 1. The van der Waals surface area contributed by atoms with Crippen LogP contribution in [0.1, 0.15) is 25.7 Å². The maximum Gasteiger partial charge on any atom is 0.0701 e. The fourth-order valence-electron chi connectivity index (χ4n) is 1.98. The first-order chi connectivity index (χ1) is 7.36. The van der Waals surface area contributed by atoms with Gasteiger partial charge in [-0.3, -0.25) is 0 Å². The Bertz CT molecular complexity index is 165. The van der Waals surface area contributed by atoms with Crippen molar-refractivity contribution in [3.8, 4) is 0 Å². The zero-order valence-corrected chi connectivity index (χ0v) is 9.53. The topological polar surface area (TPSA) is 32.7 Å². The maximum absolute atomic E-state index is 8.65. The second kappa shape index (κ2) is 7.85. The molecule has 0 spiro atoms. The summed E-state index contributed by atoms with van der Waals surface area (Å²) in [5, 5.41) is 8.65. The normalized spacial score (nSPS) is 19.3. The number of rotatable bonds is 7. The third-order valence-electron chi connectivity index (χ3n) is 2.86. The molecule has 1 N–H and O–H groups in total. The lowest BCUT2D eigenvalue weighted by Crippen LogP contribution is -2.37. The predicted molar refractivity (Wildman–Crippen MR) is 61.9 cm³/mol. The van der Waals surface area contributed by atoms with Crippen molar-refractivity contribution >= 4 is 0 Å². The molecule has 0 atom stereocenters. The fraction of sp³-hybridized carbons (Fsp3) is 0.833. The lowest BCUT2D eigenvalue weighted by atomic mass is 10.1. The first-order valence-electron chi connectivity index (χ1n) is 5.92. The van der Waals surface area contributed by atoms with Crippen LogP contribution >= 0.6 is 0 Å². The number of aliphatic hydroxyl groups excluding tert-OH is 1. The molecule has 15 heavy (non-hydrogen) atoms. The lowest BCUT2D eigenvalue weighted by molar-refractivity contribution is -0.00776. The lowest BCUT2D eigenvalue weighted by Gasteiger charge is -2.31. The third kappa shape index (κ3) is 5.30. The summed E-state index contributed by atoms with van der Waals surface area (Å²) in [7, 11) is 0. The summed E-state index contributed by atoms with van der Waals surface area (Å²) in [6, 6.07) is 0. The van der Waals surface area contributed by atoms with Crippen LogP contribution in [0, 0.1) is 0 Å². The van der Waals surface area contributed by atoms with Gasteiger partial charge in [-0.05, 0) is 32.2 Å². The SMILES string of the molecule is C=CCCCN1CCC(OCCO)CC1. The van der Waals surface area contributed by atoms with Crippen LogP contribution in [0.3, 0.4) is 0 Å². The summed E-state index contributed by atoms with van der Waals surface area (Å²) in [6.45, 7) is 7.80. The van der Waals surface area contributed by atoms with Crippen molar-refractivity contribution in [3.05, 3.63) is 12.7 Å². The van der Waals surface area contributed by atoms with Gasteiger partial charge in [0.2, 0.25) is 0 Å². The van der Waals surface area contributed by atoms with Crippen molar-refractivity contribution in [2.24, 2.45) is 0 Å². The van der Waals surface area contributed by atoms with E-state index in [4.69, 9.17) is 9.84 Å². The standard InChI is InChI=1S/C12H23NO2/c1-2-3-4-7-13-8-5-12(6-9-13)15-11-10-14/h2,12,14H,1,3-11H2. The highest BCUT2D eigenvalue weighted by Gasteiger charge is 2.18. The highest BCUT2D eigenvalue weighted by Crippen LogP contribution is 2.13. The van der Waals surface area contributed by atoms with Gasteiger partial charge < -0.3 is 14.7 Å². The van der Waals surface area contributed by atoms with E-state index in [1.165, 1.54) is 13.0 Å². The largest absolute Gasteiger partial charge is 0.394 e. The highest BCUT2D eigenvalue weighted by atomic mass is 16.5. The van der Waals surface area contributed by atoms with E-state index in [2.05, 4.69) is 11.5 Å². The van der Waals surface area contributed by atoms with Gasteiger partial charge in [-0.25, -0.2) is 0 Å². The summed E-state index contributed by atoms with van der Waals surface area (Å²) < 4.78 is 5.51. The minimum Gasteiger partial charge on any atom is -0.394 e. The van der Waals surface area contributed by atoms with Gasteiger partial charge in [0.15, 0.2) is 0 Å². The van der Waals surface area contributed by atoms with E-state index >= 15 is 0 Å². The molecule has 0 saturated carbocycles. The van der Waals surface area contributed by atoms with Gasteiger partial charge in [0.25, 0.3) is 0 Å². The van der Waals surface area contributed by atoms with Crippen LogP contribution in [0.5, 0.6) is 0 Å². The van der Waals surface area contributed by atoms with E-state index in [-0.39, 0.29) is 6.61 Å². The van der Waals surface area contributed by atoms with Crippen molar-refractivity contribution in [1.29, 1.82) is 0 Å². The summed E-state index contributed by atoms with van der Waals surface area (Å²) in [5.41, 5.74) is 0. The molecular weight excluding hydrogens is 190 g/mol. The Morgan fingerprint density at radius 3 is 2.73 bits per heavy atom. The second-order valence-corrected chi connectivity index (χ2v) is 4.07. The number of hydrogen-bond acceptors (Lipinski definition) is 3. The van der Waals surface area contributed by atoms with Gasteiger partial charge in [0.1, 0.15) is 0 Å². The Balaban J connectivity index is 2.04. The number of likely N-dealkylation sites (tertiary alicyclic amines) is 1. The summed E-state index contributed by atoms with van der Waals surface area (Å²) in [4.78, 5) is 2.49. The molecule has 3 heteroatoms. The molecule has 0 aliphatic carbocycles. The van der Waals surface area contributed by atoms with Crippen LogP contribution in [-0.4, -0.2) is 49.0 Å². The van der Waals surface area contributed by atoms with Gasteiger partial charge in [0, 0.05) is 13.1 Å². The minimum absolute atomic E-state index is 0.138. The summed E-state index contributed by atoms with van der Waals surface area (Å²) in [6.07, 6.45) is 6.89. The molecule has 0 bridgehead atoms. The van der Waals surface area contributed by atoms with Crippen molar-refractivity contribution < 1.29 is 9.84 Å². The van der Waals surface area contributed by atoms with Crippen LogP contribution in [-0.2, 0) is 4.74 Å².